The molecule has 27 heavy (non-hydrogen) atoms. The minimum atomic E-state index is -0.331. The zero-order valence-electron chi connectivity index (χ0n) is 17.1. The summed E-state index contributed by atoms with van der Waals surface area (Å²) in [4.78, 5) is 26.2. The maximum Gasteiger partial charge on any atom is 0.261 e. The van der Waals surface area contributed by atoms with Gasteiger partial charge in [0.05, 0.1) is 4.47 Å². The lowest BCUT2D eigenvalue weighted by Crippen LogP contribution is -2.30. The third-order valence-electron chi connectivity index (χ3n) is 5.01. The molecule has 5 heteroatoms. The number of nitrogens with zero attached hydrogens (tertiary/aromatic N) is 1. The number of para-hydroxylation sites is 1. The Kier molecular flexibility index (Phi) is 7.04. The first kappa shape index (κ1) is 21.4. The van der Waals surface area contributed by atoms with Gasteiger partial charge in [-0.05, 0) is 59.2 Å². The van der Waals surface area contributed by atoms with Crippen molar-refractivity contribution in [2.24, 2.45) is 13.0 Å². The summed E-state index contributed by atoms with van der Waals surface area (Å²) in [5, 5.41) is 3.05. The van der Waals surface area contributed by atoms with Crippen LogP contribution in [0.5, 0.6) is 0 Å². The SMILES string of the molecule is CCc1cccc(CC)c1NC(=O)c1c(CC(C)C)n(C)c(C)c(Br)c1=O. The molecule has 0 fully saturated rings. The molecule has 0 aliphatic rings. The highest BCUT2D eigenvalue weighted by Crippen LogP contribution is 2.25. The van der Waals surface area contributed by atoms with Crippen LogP contribution in [0.25, 0.3) is 0 Å². The van der Waals surface area contributed by atoms with E-state index in [0.717, 1.165) is 41.0 Å². The van der Waals surface area contributed by atoms with E-state index in [9.17, 15) is 9.59 Å². The van der Waals surface area contributed by atoms with Crippen LogP contribution in [0, 0.1) is 12.8 Å². The molecule has 0 saturated heterocycles. The molecule has 0 aliphatic heterocycles. The second kappa shape index (κ2) is 8.87. The van der Waals surface area contributed by atoms with Gasteiger partial charge in [0.25, 0.3) is 5.91 Å². The van der Waals surface area contributed by atoms with Gasteiger partial charge in [-0.25, -0.2) is 0 Å². The van der Waals surface area contributed by atoms with E-state index >= 15 is 0 Å². The van der Waals surface area contributed by atoms with Crippen LogP contribution >= 0.6 is 15.9 Å². The fourth-order valence-electron chi connectivity index (χ4n) is 3.36. The van der Waals surface area contributed by atoms with Gasteiger partial charge < -0.3 is 9.88 Å². The van der Waals surface area contributed by atoms with Crippen LogP contribution in [-0.4, -0.2) is 10.5 Å². The predicted molar refractivity (Wildman–Crippen MR) is 116 cm³/mol. The summed E-state index contributed by atoms with van der Waals surface area (Å²) in [6.45, 7) is 10.2. The Morgan fingerprint density at radius 1 is 1.19 bits per heavy atom. The fraction of sp³-hybridized carbons (Fsp3) is 0.455. The lowest BCUT2D eigenvalue weighted by Gasteiger charge is -2.20. The number of nitrogens with one attached hydrogen (secondary N) is 1. The van der Waals surface area contributed by atoms with Crippen LogP contribution in [-0.2, 0) is 26.3 Å². The highest BCUT2D eigenvalue weighted by Gasteiger charge is 2.24. The molecule has 1 amide bonds. The van der Waals surface area contributed by atoms with Crippen LogP contribution in [0.15, 0.2) is 27.5 Å². The molecule has 1 aromatic heterocycles. The van der Waals surface area contributed by atoms with E-state index < -0.39 is 0 Å². The summed E-state index contributed by atoms with van der Waals surface area (Å²) in [7, 11) is 1.91. The molecule has 2 aromatic rings. The second-order valence-corrected chi connectivity index (χ2v) is 8.11. The normalized spacial score (nSPS) is 11.1. The average Bonchev–Trinajstić information content (AvgIpc) is 2.64. The number of carbonyl (C=O) groups excluding carboxylic acids is 1. The van der Waals surface area contributed by atoms with Crippen molar-refractivity contribution in [3.63, 3.8) is 0 Å². The van der Waals surface area contributed by atoms with Crippen molar-refractivity contribution in [3.8, 4) is 0 Å². The van der Waals surface area contributed by atoms with Crippen molar-refractivity contribution in [2.75, 3.05) is 5.32 Å². The van der Waals surface area contributed by atoms with Crippen LogP contribution in [0.3, 0.4) is 0 Å². The van der Waals surface area contributed by atoms with E-state index in [2.05, 4.69) is 48.9 Å². The average molecular weight is 433 g/mol. The van der Waals surface area contributed by atoms with Crippen LogP contribution in [0.2, 0.25) is 0 Å². The summed E-state index contributed by atoms with van der Waals surface area (Å²) in [6.07, 6.45) is 2.30. The number of benzene rings is 1. The predicted octanol–water partition coefficient (Wildman–Crippen LogP) is 5.03. The highest BCUT2D eigenvalue weighted by atomic mass is 79.9. The molecular weight excluding hydrogens is 404 g/mol. The minimum Gasteiger partial charge on any atom is -0.350 e. The molecular formula is C22H29BrN2O2. The topological polar surface area (TPSA) is 51.1 Å². The Balaban J connectivity index is 2.62. The van der Waals surface area contributed by atoms with Gasteiger partial charge in [0, 0.05) is 24.1 Å². The fourth-order valence-corrected chi connectivity index (χ4v) is 3.83. The summed E-state index contributed by atoms with van der Waals surface area (Å²) >= 11 is 3.38. The minimum absolute atomic E-state index is 0.233. The lowest BCUT2D eigenvalue weighted by molar-refractivity contribution is 0.102. The summed E-state index contributed by atoms with van der Waals surface area (Å²) in [5.41, 5.74) is 4.59. The number of aromatic nitrogens is 1. The molecule has 0 radical (unpaired) electrons. The molecule has 0 bridgehead atoms. The van der Waals surface area contributed by atoms with Crippen molar-refractivity contribution >= 4 is 27.5 Å². The van der Waals surface area contributed by atoms with E-state index in [1.54, 1.807) is 0 Å². The Morgan fingerprint density at radius 2 is 1.74 bits per heavy atom. The monoisotopic (exact) mass is 432 g/mol. The molecule has 4 nitrogen and oxygen atoms in total. The Morgan fingerprint density at radius 3 is 2.22 bits per heavy atom. The van der Waals surface area contributed by atoms with Crippen LogP contribution in [0.4, 0.5) is 5.69 Å². The first-order valence-electron chi connectivity index (χ1n) is 9.52. The Bertz CT molecular complexity index is 891. The molecule has 0 saturated carbocycles. The molecule has 0 aliphatic carbocycles. The molecule has 0 spiro atoms. The number of rotatable bonds is 6. The molecule has 1 heterocycles. The molecule has 2 rings (SSSR count). The maximum atomic E-state index is 13.2. The third-order valence-corrected chi connectivity index (χ3v) is 5.94. The second-order valence-electron chi connectivity index (χ2n) is 7.32. The largest absolute Gasteiger partial charge is 0.350 e. The lowest BCUT2D eigenvalue weighted by atomic mass is 9.99. The van der Waals surface area contributed by atoms with Crippen LogP contribution in [0.1, 0.15) is 60.6 Å². The van der Waals surface area contributed by atoms with E-state index in [4.69, 9.17) is 0 Å². The van der Waals surface area contributed by atoms with E-state index in [0.29, 0.717) is 16.8 Å². The van der Waals surface area contributed by atoms with Crippen molar-refractivity contribution in [1.82, 2.24) is 4.57 Å². The molecule has 1 N–H and O–H groups in total. The highest BCUT2D eigenvalue weighted by molar-refractivity contribution is 9.10. The number of carbonyl (C=O) groups is 1. The molecule has 0 unspecified atom stereocenters. The quantitative estimate of drug-likeness (QED) is 0.695. The smallest absolute Gasteiger partial charge is 0.261 e. The number of aryl methyl sites for hydroxylation is 2. The van der Waals surface area contributed by atoms with E-state index in [-0.39, 0.29) is 16.9 Å². The van der Waals surface area contributed by atoms with Gasteiger partial charge in [0.1, 0.15) is 5.56 Å². The van der Waals surface area contributed by atoms with E-state index in [1.807, 2.05) is 36.7 Å². The first-order valence-corrected chi connectivity index (χ1v) is 10.3. The van der Waals surface area contributed by atoms with Crippen molar-refractivity contribution < 1.29 is 4.79 Å². The standard InChI is InChI=1S/C22H29BrN2O2/c1-7-15-10-9-11-16(8-2)20(15)24-22(27)18-17(12-13(3)4)25(6)14(5)19(23)21(18)26/h9-11,13H,7-8,12H2,1-6H3,(H,24,27). The van der Waals surface area contributed by atoms with Gasteiger partial charge >= 0.3 is 0 Å². The van der Waals surface area contributed by atoms with Gasteiger partial charge in [0.2, 0.25) is 5.43 Å². The number of hydrogen-bond donors (Lipinski definition) is 1. The third kappa shape index (κ3) is 4.34. The molecule has 146 valence electrons. The molecule has 0 atom stereocenters. The van der Waals surface area contributed by atoms with Gasteiger partial charge in [0.15, 0.2) is 0 Å². The van der Waals surface area contributed by atoms with Crippen molar-refractivity contribution in [3.05, 3.63) is 61.0 Å². The number of anilines is 1. The first-order chi connectivity index (χ1) is 12.7. The van der Waals surface area contributed by atoms with Gasteiger partial charge in [-0.3, -0.25) is 9.59 Å². The Labute approximate surface area is 170 Å². The number of pyridine rings is 1. The summed E-state index contributed by atoms with van der Waals surface area (Å²) < 4.78 is 2.40. The number of halogens is 1. The van der Waals surface area contributed by atoms with Crippen LogP contribution < -0.4 is 10.7 Å². The zero-order valence-corrected chi connectivity index (χ0v) is 18.7. The maximum absolute atomic E-state index is 13.2. The van der Waals surface area contributed by atoms with Crippen molar-refractivity contribution in [1.29, 1.82) is 0 Å². The number of hydrogen-bond acceptors (Lipinski definition) is 2. The van der Waals surface area contributed by atoms with Gasteiger partial charge in [-0.2, -0.15) is 0 Å². The zero-order chi connectivity index (χ0) is 20.3. The van der Waals surface area contributed by atoms with Gasteiger partial charge in [-0.1, -0.05) is 45.9 Å². The molecule has 1 aromatic carbocycles. The Hall–Kier alpha value is -1.88. The number of amides is 1. The van der Waals surface area contributed by atoms with E-state index in [1.165, 1.54) is 0 Å². The summed E-state index contributed by atoms with van der Waals surface area (Å²) in [5.74, 6) is -0.000550. The summed E-state index contributed by atoms with van der Waals surface area (Å²) in [6, 6.07) is 6.05. The van der Waals surface area contributed by atoms with Crippen molar-refractivity contribution in [2.45, 2.75) is 53.9 Å². The van der Waals surface area contributed by atoms with Gasteiger partial charge in [-0.15, -0.1) is 0 Å².